The summed E-state index contributed by atoms with van der Waals surface area (Å²) in [5, 5.41) is 9.99. The zero-order valence-corrected chi connectivity index (χ0v) is 17.7. The standard InChI is InChI=1S/C21H27N5O2.CH2O2/c1-2-4-14-9-24-20(25-10-14)26-12-16-15(18-6-7-21(16,13-26)28-18)11-23-19(27)17-5-3-8-22-17;2-1-3/h3,5,8-10,15-16,18,22H,2,4,6-7,11-13H2,1H3,(H,23,27);1H,(H,2,3)/t15-,16+,18+,21+;/m0./s1. The molecule has 166 valence electrons. The van der Waals surface area contributed by atoms with E-state index in [1.165, 1.54) is 5.56 Å². The molecule has 1 amide bonds. The van der Waals surface area contributed by atoms with E-state index in [9.17, 15) is 4.79 Å². The minimum Gasteiger partial charge on any atom is -0.483 e. The average molecular weight is 428 g/mol. The van der Waals surface area contributed by atoms with E-state index in [2.05, 4.69) is 32.1 Å². The summed E-state index contributed by atoms with van der Waals surface area (Å²) >= 11 is 0. The predicted molar refractivity (Wildman–Crippen MR) is 114 cm³/mol. The number of carbonyl (C=O) groups is 2. The second-order valence-electron chi connectivity index (χ2n) is 8.45. The summed E-state index contributed by atoms with van der Waals surface area (Å²) in [5.41, 5.74) is 1.69. The van der Waals surface area contributed by atoms with Crippen LogP contribution in [-0.4, -0.2) is 63.8 Å². The smallest absolute Gasteiger partial charge is 0.290 e. The number of anilines is 1. The molecule has 2 bridgehead atoms. The summed E-state index contributed by atoms with van der Waals surface area (Å²) < 4.78 is 6.48. The van der Waals surface area contributed by atoms with Crippen molar-refractivity contribution in [2.24, 2.45) is 11.8 Å². The molecular weight excluding hydrogens is 398 g/mol. The second kappa shape index (κ2) is 9.05. The van der Waals surface area contributed by atoms with Crippen LogP contribution in [-0.2, 0) is 16.0 Å². The molecule has 0 aromatic carbocycles. The maximum atomic E-state index is 12.3. The maximum Gasteiger partial charge on any atom is 0.290 e. The van der Waals surface area contributed by atoms with Crippen LogP contribution < -0.4 is 10.2 Å². The first-order chi connectivity index (χ1) is 15.1. The van der Waals surface area contributed by atoms with Crippen LogP contribution >= 0.6 is 0 Å². The van der Waals surface area contributed by atoms with Crippen molar-refractivity contribution in [1.82, 2.24) is 20.3 Å². The van der Waals surface area contributed by atoms with Gasteiger partial charge in [0.1, 0.15) is 5.69 Å². The van der Waals surface area contributed by atoms with Crippen LogP contribution in [0.1, 0.15) is 42.2 Å². The Morgan fingerprint density at radius 2 is 2.23 bits per heavy atom. The van der Waals surface area contributed by atoms with Crippen LogP contribution in [0.25, 0.3) is 0 Å². The molecule has 1 spiro atoms. The number of aryl methyl sites for hydroxylation is 1. The lowest BCUT2D eigenvalue weighted by molar-refractivity contribution is -0.122. The fraction of sp³-hybridized carbons (Fsp3) is 0.545. The molecule has 0 radical (unpaired) electrons. The van der Waals surface area contributed by atoms with Gasteiger partial charge in [0, 0.05) is 43.5 Å². The number of hydrogen-bond donors (Lipinski definition) is 3. The lowest BCUT2D eigenvalue weighted by Gasteiger charge is -2.29. The number of nitrogens with zero attached hydrogens (tertiary/aromatic N) is 3. The van der Waals surface area contributed by atoms with E-state index in [1.54, 1.807) is 12.3 Å². The van der Waals surface area contributed by atoms with Gasteiger partial charge >= 0.3 is 0 Å². The van der Waals surface area contributed by atoms with Crippen LogP contribution in [0.15, 0.2) is 30.7 Å². The van der Waals surface area contributed by atoms with E-state index >= 15 is 0 Å². The molecule has 2 aromatic rings. The number of amides is 1. The molecule has 4 atom stereocenters. The molecule has 31 heavy (non-hydrogen) atoms. The maximum absolute atomic E-state index is 12.3. The molecule has 5 rings (SSSR count). The van der Waals surface area contributed by atoms with Gasteiger partial charge in [-0.2, -0.15) is 0 Å². The topological polar surface area (TPSA) is 120 Å². The number of rotatable bonds is 6. The van der Waals surface area contributed by atoms with E-state index in [0.29, 0.717) is 24.1 Å². The third kappa shape index (κ3) is 4.14. The highest BCUT2D eigenvalue weighted by molar-refractivity contribution is 5.92. The molecule has 2 aromatic heterocycles. The molecule has 9 heteroatoms. The Labute approximate surface area is 181 Å². The first-order valence-corrected chi connectivity index (χ1v) is 10.8. The lowest BCUT2D eigenvalue weighted by atomic mass is 9.73. The van der Waals surface area contributed by atoms with Crippen molar-refractivity contribution in [3.63, 3.8) is 0 Å². The van der Waals surface area contributed by atoms with Gasteiger partial charge in [0.25, 0.3) is 12.4 Å². The normalized spacial score (nSPS) is 28.0. The number of fused-ring (bicyclic) bond motifs is 1. The molecule has 3 saturated heterocycles. The van der Waals surface area contributed by atoms with Crippen molar-refractivity contribution in [3.8, 4) is 0 Å². The number of aromatic amines is 1. The van der Waals surface area contributed by atoms with Crippen molar-refractivity contribution in [3.05, 3.63) is 42.0 Å². The van der Waals surface area contributed by atoms with Gasteiger partial charge < -0.3 is 25.0 Å². The van der Waals surface area contributed by atoms with Crippen LogP contribution in [0, 0.1) is 11.8 Å². The van der Waals surface area contributed by atoms with Crippen molar-refractivity contribution in [2.75, 3.05) is 24.5 Å². The number of hydrogen-bond acceptors (Lipinski definition) is 6. The molecule has 3 aliphatic rings. The SMILES string of the molecule is CCCc1cnc(N2C[C@@H]3[C@H](CNC(=O)c4ccc[nH]4)[C@H]4CC[C@]3(C2)O4)nc1.O=CO. The number of nitrogens with one attached hydrogen (secondary N) is 2. The van der Waals surface area contributed by atoms with Crippen LogP contribution in [0.4, 0.5) is 5.95 Å². The van der Waals surface area contributed by atoms with Gasteiger partial charge in [-0.3, -0.25) is 9.59 Å². The van der Waals surface area contributed by atoms with Gasteiger partial charge in [-0.1, -0.05) is 13.3 Å². The number of ether oxygens (including phenoxy) is 1. The summed E-state index contributed by atoms with van der Waals surface area (Å²) in [4.78, 5) is 35.1. The summed E-state index contributed by atoms with van der Waals surface area (Å²) in [5.74, 6) is 1.50. The second-order valence-corrected chi connectivity index (χ2v) is 8.45. The van der Waals surface area contributed by atoms with Crippen molar-refractivity contribution >= 4 is 18.3 Å². The largest absolute Gasteiger partial charge is 0.483 e. The Hall–Kier alpha value is -2.94. The molecule has 0 aliphatic carbocycles. The average Bonchev–Trinajstić information content (AvgIpc) is 3.54. The third-order valence-electron chi connectivity index (χ3n) is 6.64. The highest BCUT2D eigenvalue weighted by atomic mass is 16.5. The third-order valence-corrected chi connectivity index (χ3v) is 6.64. The minimum absolute atomic E-state index is 0.0495. The van der Waals surface area contributed by atoms with Gasteiger partial charge in [0.2, 0.25) is 5.95 Å². The number of carboxylic acid groups (broad SMARTS) is 1. The summed E-state index contributed by atoms with van der Waals surface area (Å²) in [6.07, 6.45) is 10.2. The number of aromatic nitrogens is 3. The van der Waals surface area contributed by atoms with Crippen molar-refractivity contribution in [1.29, 1.82) is 0 Å². The number of carbonyl (C=O) groups excluding carboxylic acids is 1. The fourth-order valence-electron chi connectivity index (χ4n) is 5.32. The molecule has 5 heterocycles. The lowest BCUT2D eigenvalue weighted by Crippen LogP contribution is -2.42. The first-order valence-electron chi connectivity index (χ1n) is 10.8. The van der Waals surface area contributed by atoms with E-state index in [-0.39, 0.29) is 24.1 Å². The Morgan fingerprint density at radius 1 is 1.45 bits per heavy atom. The Morgan fingerprint density at radius 3 is 2.90 bits per heavy atom. The van der Waals surface area contributed by atoms with Gasteiger partial charge in [0.05, 0.1) is 18.2 Å². The summed E-state index contributed by atoms with van der Waals surface area (Å²) in [7, 11) is 0. The molecule has 0 unspecified atom stereocenters. The quantitative estimate of drug-likeness (QED) is 0.602. The zero-order chi connectivity index (χ0) is 21.8. The van der Waals surface area contributed by atoms with E-state index in [4.69, 9.17) is 14.6 Å². The van der Waals surface area contributed by atoms with Gasteiger partial charge in [-0.05, 0) is 37.0 Å². The molecule has 3 fully saturated rings. The minimum atomic E-state index is -0.250. The summed E-state index contributed by atoms with van der Waals surface area (Å²) in [6.45, 7) is 4.31. The van der Waals surface area contributed by atoms with E-state index in [0.717, 1.165) is 44.7 Å². The van der Waals surface area contributed by atoms with E-state index in [1.807, 2.05) is 18.5 Å². The molecule has 9 nitrogen and oxygen atoms in total. The molecule has 3 N–H and O–H groups in total. The highest BCUT2D eigenvalue weighted by Crippen LogP contribution is 2.54. The highest BCUT2D eigenvalue weighted by Gasteiger charge is 2.63. The Balaban J connectivity index is 0.000000730. The van der Waals surface area contributed by atoms with E-state index < -0.39 is 0 Å². The zero-order valence-electron chi connectivity index (χ0n) is 17.7. The van der Waals surface area contributed by atoms with Crippen LogP contribution in [0.2, 0.25) is 0 Å². The Kier molecular flexibility index (Phi) is 6.22. The molecule has 0 saturated carbocycles. The van der Waals surface area contributed by atoms with Crippen molar-refractivity contribution in [2.45, 2.75) is 44.3 Å². The summed E-state index contributed by atoms with van der Waals surface area (Å²) in [6, 6.07) is 3.64. The monoisotopic (exact) mass is 427 g/mol. The van der Waals surface area contributed by atoms with Gasteiger partial charge in [-0.15, -0.1) is 0 Å². The molecule has 3 aliphatic heterocycles. The fourth-order valence-corrected chi connectivity index (χ4v) is 5.32. The van der Waals surface area contributed by atoms with Crippen molar-refractivity contribution < 1.29 is 19.4 Å². The first kappa shape index (κ1) is 21.3. The van der Waals surface area contributed by atoms with Gasteiger partial charge in [0.15, 0.2) is 0 Å². The number of H-pyrrole nitrogens is 1. The van der Waals surface area contributed by atoms with Crippen LogP contribution in [0.5, 0.6) is 0 Å². The van der Waals surface area contributed by atoms with Crippen LogP contribution in [0.3, 0.4) is 0 Å². The molecular formula is C22H29N5O4. The predicted octanol–water partition coefficient (Wildman–Crippen LogP) is 1.87. The Bertz CT molecular complexity index is 888. The van der Waals surface area contributed by atoms with Gasteiger partial charge in [-0.25, -0.2) is 9.97 Å².